The van der Waals surface area contributed by atoms with E-state index >= 15 is 0 Å². The molecule has 1 N–H and O–H groups in total. The van der Waals surface area contributed by atoms with Crippen molar-refractivity contribution in [3.8, 4) is 0 Å². The van der Waals surface area contributed by atoms with E-state index in [-0.39, 0.29) is 11.4 Å². The van der Waals surface area contributed by atoms with Crippen LogP contribution >= 0.6 is 0 Å². The van der Waals surface area contributed by atoms with Crippen molar-refractivity contribution >= 4 is 10.9 Å². The number of nitrogens with one attached hydrogen (secondary N) is 1. The number of hydrogen-bond donors (Lipinski definition) is 1. The molecule has 0 aliphatic carbocycles. The van der Waals surface area contributed by atoms with E-state index < -0.39 is 0 Å². The Hall–Kier alpha value is -1.75. The smallest absolute Gasteiger partial charge is 0.261 e. The van der Waals surface area contributed by atoms with Gasteiger partial charge < -0.3 is 5.32 Å². The number of nitrogens with zero attached hydrogens (tertiary/aromatic N) is 2. The highest BCUT2D eigenvalue weighted by atomic mass is 19.1. The summed E-state index contributed by atoms with van der Waals surface area (Å²) in [7, 11) is 0. The molecule has 1 aliphatic heterocycles. The number of aromatic nitrogens is 2. The molecule has 2 heterocycles. The molecule has 0 radical (unpaired) electrons. The number of halogens is 1. The maximum absolute atomic E-state index is 13.1. The molecule has 0 bridgehead atoms. The minimum absolute atomic E-state index is 0.0997. The molecule has 0 saturated carbocycles. The first-order valence-electron chi connectivity index (χ1n) is 6.62. The van der Waals surface area contributed by atoms with Crippen LogP contribution in [0.1, 0.15) is 19.3 Å². The Labute approximate surface area is 110 Å². The second-order valence-electron chi connectivity index (χ2n) is 5.01. The summed E-state index contributed by atoms with van der Waals surface area (Å²) in [6, 6.07) is 4.42. The quantitative estimate of drug-likeness (QED) is 0.894. The van der Waals surface area contributed by atoms with Crippen LogP contribution in [0.5, 0.6) is 0 Å². The number of rotatable bonds is 2. The second kappa shape index (κ2) is 5.09. The summed E-state index contributed by atoms with van der Waals surface area (Å²) in [6.45, 7) is 1.63. The Balaban J connectivity index is 1.93. The summed E-state index contributed by atoms with van der Waals surface area (Å²) in [5.41, 5.74) is 0.315. The number of benzene rings is 1. The molecule has 4 nitrogen and oxygen atoms in total. The molecule has 1 aromatic carbocycles. The van der Waals surface area contributed by atoms with Gasteiger partial charge in [0.1, 0.15) is 5.82 Å². The maximum Gasteiger partial charge on any atom is 0.261 e. The van der Waals surface area contributed by atoms with E-state index in [1.165, 1.54) is 37.4 Å². The number of piperidine rings is 1. The molecular formula is C14H16FN3O. The molecule has 0 amide bonds. The average molecular weight is 261 g/mol. The van der Waals surface area contributed by atoms with Gasteiger partial charge in [0.25, 0.3) is 5.56 Å². The fraction of sp³-hybridized carbons (Fsp3) is 0.429. The SMILES string of the molecule is O=c1c2ccc(F)cc2ncn1CC1CCCCN1. The first kappa shape index (κ1) is 12.3. The lowest BCUT2D eigenvalue weighted by molar-refractivity contribution is 0.359. The summed E-state index contributed by atoms with van der Waals surface area (Å²) in [6.07, 6.45) is 4.98. The molecule has 19 heavy (non-hydrogen) atoms. The summed E-state index contributed by atoms with van der Waals surface area (Å²) >= 11 is 0. The normalized spacial score (nSPS) is 19.7. The van der Waals surface area contributed by atoms with E-state index in [2.05, 4.69) is 10.3 Å². The molecule has 0 spiro atoms. The van der Waals surface area contributed by atoms with Crippen molar-refractivity contribution in [2.24, 2.45) is 0 Å². The third kappa shape index (κ3) is 2.51. The summed E-state index contributed by atoms with van der Waals surface area (Å²) in [5.74, 6) is -0.369. The average Bonchev–Trinajstić information content (AvgIpc) is 2.43. The Bertz CT molecular complexity index is 647. The molecule has 1 atom stereocenters. The lowest BCUT2D eigenvalue weighted by atomic mass is 10.1. The molecule has 1 aromatic heterocycles. The van der Waals surface area contributed by atoms with Crippen molar-refractivity contribution in [3.05, 3.63) is 40.7 Å². The molecule has 100 valence electrons. The van der Waals surface area contributed by atoms with Gasteiger partial charge in [-0.1, -0.05) is 6.42 Å². The number of hydrogen-bond acceptors (Lipinski definition) is 3. The van der Waals surface area contributed by atoms with E-state index in [1.54, 1.807) is 4.57 Å². The maximum atomic E-state index is 13.1. The van der Waals surface area contributed by atoms with Crippen LogP contribution in [0.15, 0.2) is 29.3 Å². The lowest BCUT2D eigenvalue weighted by Crippen LogP contribution is -2.39. The van der Waals surface area contributed by atoms with Crippen molar-refractivity contribution in [1.29, 1.82) is 0 Å². The minimum Gasteiger partial charge on any atom is -0.312 e. The van der Waals surface area contributed by atoms with Gasteiger partial charge in [-0.2, -0.15) is 0 Å². The van der Waals surface area contributed by atoms with Crippen LogP contribution in [0, 0.1) is 5.82 Å². The van der Waals surface area contributed by atoms with Gasteiger partial charge in [0, 0.05) is 18.7 Å². The first-order valence-corrected chi connectivity index (χ1v) is 6.62. The topological polar surface area (TPSA) is 46.9 Å². The zero-order valence-electron chi connectivity index (χ0n) is 10.6. The van der Waals surface area contributed by atoms with Crippen molar-refractivity contribution < 1.29 is 4.39 Å². The molecule has 1 saturated heterocycles. The van der Waals surface area contributed by atoms with Gasteiger partial charge in [0.15, 0.2) is 0 Å². The van der Waals surface area contributed by atoms with Crippen molar-refractivity contribution in [2.75, 3.05) is 6.54 Å². The number of fused-ring (bicyclic) bond motifs is 1. The van der Waals surface area contributed by atoms with Crippen molar-refractivity contribution in [2.45, 2.75) is 31.8 Å². The fourth-order valence-electron chi connectivity index (χ4n) is 2.58. The van der Waals surface area contributed by atoms with E-state index in [9.17, 15) is 9.18 Å². The first-order chi connectivity index (χ1) is 9.24. The van der Waals surface area contributed by atoms with Gasteiger partial charge in [-0.3, -0.25) is 9.36 Å². The van der Waals surface area contributed by atoms with E-state index in [0.29, 0.717) is 23.5 Å². The van der Waals surface area contributed by atoms with Gasteiger partial charge in [-0.15, -0.1) is 0 Å². The standard InChI is InChI=1S/C14H16FN3O/c15-10-4-5-12-13(7-10)17-9-18(14(12)19)8-11-3-1-2-6-16-11/h4-5,7,9,11,16H,1-3,6,8H2. The van der Waals surface area contributed by atoms with Crippen molar-refractivity contribution in [1.82, 2.24) is 14.9 Å². The molecule has 1 aliphatic rings. The third-order valence-electron chi connectivity index (χ3n) is 3.62. The molecule has 2 aromatic rings. The Morgan fingerprint density at radius 2 is 2.32 bits per heavy atom. The summed E-state index contributed by atoms with van der Waals surface area (Å²) in [5, 5.41) is 3.88. The Kier molecular flexibility index (Phi) is 3.29. The second-order valence-corrected chi connectivity index (χ2v) is 5.01. The van der Waals surface area contributed by atoms with Gasteiger partial charge >= 0.3 is 0 Å². The van der Waals surface area contributed by atoms with Crippen LogP contribution in [0.25, 0.3) is 10.9 Å². The lowest BCUT2D eigenvalue weighted by Gasteiger charge is -2.23. The van der Waals surface area contributed by atoms with Crippen LogP contribution in [0.4, 0.5) is 4.39 Å². The Morgan fingerprint density at radius 3 is 3.11 bits per heavy atom. The predicted octanol–water partition coefficient (Wildman–Crippen LogP) is 1.68. The monoisotopic (exact) mass is 261 g/mol. The van der Waals surface area contributed by atoms with Gasteiger partial charge in [0.05, 0.1) is 17.2 Å². The van der Waals surface area contributed by atoms with Crippen LogP contribution in [-0.2, 0) is 6.54 Å². The van der Waals surface area contributed by atoms with Crippen LogP contribution in [-0.4, -0.2) is 22.1 Å². The predicted molar refractivity (Wildman–Crippen MR) is 71.6 cm³/mol. The highest BCUT2D eigenvalue weighted by Crippen LogP contribution is 2.11. The van der Waals surface area contributed by atoms with Crippen LogP contribution < -0.4 is 10.9 Å². The summed E-state index contributed by atoms with van der Waals surface area (Å²) in [4.78, 5) is 16.4. The highest BCUT2D eigenvalue weighted by molar-refractivity contribution is 5.77. The fourth-order valence-corrected chi connectivity index (χ4v) is 2.58. The zero-order chi connectivity index (χ0) is 13.2. The van der Waals surface area contributed by atoms with Crippen LogP contribution in [0.2, 0.25) is 0 Å². The van der Waals surface area contributed by atoms with E-state index in [0.717, 1.165) is 13.0 Å². The van der Waals surface area contributed by atoms with E-state index in [4.69, 9.17) is 0 Å². The largest absolute Gasteiger partial charge is 0.312 e. The molecule has 5 heteroatoms. The minimum atomic E-state index is -0.369. The molecule has 3 rings (SSSR count). The van der Waals surface area contributed by atoms with Crippen LogP contribution in [0.3, 0.4) is 0 Å². The highest BCUT2D eigenvalue weighted by Gasteiger charge is 2.14. The Morgan fingerprint density at radius 1 is 1.42 bits per heavy atom. The zero-order valence-corrected chi connectivity index (χ0v) is 10.6. The molecular weight excluding hydrogens is 245 g/mol. The third-order valence-corrected chi connectivity index (χ3v) is 3.62. The van der Waals surface area contributed by atoms with Gasteiger partial charge in [-0.25, -0.2) is 9.37 Å². The summed E-state index contributed by atoms with van der Waals surface area (Å²) < 4.78 is 14.7. The van der Waals surface area contributed by atoms with Crippen molar-refractivity contribution in [3.63, 3.8) is 0 Å². The van der Waals surface area contributed by atoms with Gasteiger partial charge in [-0.05, 0) is 31.5 Å². The van der Waals surface area contributed by atoms with E-state index in [1.807, 2.05) is 0 Å². The molecule has 1 fully saturated rings. The van der Waals surface area contributed by atoms with Gasteiger partial charge in [0.2, 0.25) is 0 Å². The molecule has 1 unspecified atom stereocenters.